The summed E-state index contributed by atoms with van der Waals surface area (Å²) < 4.78 is 0. The van der Waals surface area contributed by atoms with Gasteiger partial charge in [-0.05, 0) is 26.2 Å². The van der Waals surface area contributed by atoms with Gasteiger partial charge in [0.25, 0.3) is 0 Å². The summed E-state index contributed by atoms with van der Waals surface area (Å²) >= 11 is 0. The molecular weight excluding hydrogens is 198 g/mol. The molecule has 16 heavy (non-hydrogen) atoms. The summed E-state index contributed by atoms with van der Waals surface area (Å²) in [6.45, 7) is 1.82. The number of para-hydroxylation sites is 1. The van der Waals surface area contributed by atoms with Crippen LogP contribution in [-0.4, -0.2) is 43.3 Å². The first-order valence-electron chi connectivity index (χ1n) is 5.48. The summed E-state index contributed by atoms with van der Waals surface area (Å²) in [4.78, 5) is 9.83. The summed E-state index contributed by atoms with van der Waals surface area (Å²) in [5.74, 6) is 0. The predicted molar refractivity (Wildman–Crippen MR) is 69.3 cm³/mol. The van der Waals surface area contributed by atoms with Crippen molar-refractivity contribution in [1.82, 2.24) is 9.88 Å². The molecule has 0 radical (unpaired) electrons. The quantitative estimate of drug-likeness (QED) is 0.778. The molecule has 1 N–H and O–H groups in total. The maximum absolute atomic E-state index is 4.38. The minimum absolute atomic E-state index is 0.836. The van der Waals surface area contributed by atoms with Crippen molar-refractivity contribution >= 4 is 17.1 Å². The largest absolute Gasteiger partial charge is 0.354 e. The van der Waals surface area contributed by atoms with Crippen LogP contribution in [0.25, 0.3) is 10.9 Å². The molecule has 0 atom stereocenters. The van der Waals surface area contributed by atoms with Crippen LogP contribution in [0.15, 0.2) is 35.3 Å². The van der Waals surface area contributed by atoms with Crippen molar-refractivity contribution in [1.29, 1.82) is 0 Å². The lowest BCUT2D eigenvalue weighted by molar-refractivity contribution is 0.421. The highest BCUT2D eigenvalue weighted by Crippen LogP contribution is 2.13. The van der Waals surface area contributed by atoms with Gasteiger partial charge in [-0.1, -0.05) is 18.2 Å². The molecular formula is C13H17N3. The molecule has 0 spiro atoms. The van der Waals surface area contributed by atoms with Gasteiger partial charge < -0.3 is 9.88 Å². The van der Waals surface area contributed by atoms with Gasteiger partial charge in [-0.15, -0.1) is 0 Å². The highest BCUT2D eigenvalue weighted by molar-refractivity contribution is 5.89. The van der Waals surface area contributed by atoms with E-state index in [2.05, 4.69) is 47.2 Å². The van der Waals surface area contributed by atoms with Gasteiger partial charge in [0.2, 0.25) is 0 Å². The first-order valence-corrected chi connectivity index (χ1v) is 5.48. The molecule has 0 aliphatic rings. The number of rotatable bonds is 4. The average molecular weight is 215 g/mol. The number of hydrogen-bond acceptors (Lipinski definition) is 2. The first-order chi connectivity index (χ1) is 7.75. The van der Waals surface area contributed by atoms with E-state index in [1.807, 2.05) is 18.3 Å². The zero-order valence-corrected chi connectivity index (χ0v) is 9.77. The van der Waals surface area contributed by atoms with Crippen LogP contribution in [0.5, 0.6) is 0 Å². The van der Waals surface area contributed by atoms with Crippen LogP contribution in [0.4, 0.5) is 0 Å². The smallest absolute Gasteiger partial charge is 0.0572 e. The maximum Gasteiger partial charge on any atom is 0.0572 e. The molecule has 0 saturated heterocycles. The fourth-order valence-electron chi connectivity index (χ4n) is 1.59. The van der Waals surface area contributed by atoms with Crippen LogP contribution < -0.4 is 0 Å². The van der Waals surface area contributed by atoms with Gasteiger partial charge in [-0.25, -0.2) is 0 Å². The summed E-state index contributed by atoms with van der Waals surface area (Å²) in [5, 5.41) is 1.23. The normalized spacial score (nSPS) is 11.9. The number of nitrogens with one attached hydrogen (secondary N) is 1. The molecule has 1 aromatic carbocycles. The minimum atomic E-state index is 0.836. The number of aromatic nitrogens is 1. The molecule has 0 aliphatic carbocycles. The second-order valence-corrected chi connectivity index (χ2v) is 4.15. The number of nitrogens with zero attached hydrogens (tertiary/aromatic N) is 2. The second kappa shape index (κ2) is 4.94. The van der Waals surface area contributed by atoms with E-state index in [0.29, 0.717) is 0 Å². The van der Waals surface area contributed by atoms with Gasteiger partial charge in [0.15, 0.2) is 0 Å². The van der Waals surface area contributed by atoms with Gasteiger partial charge in [0.1, 0.15) is 0 Å². The van der Waals surface area contributed by atoms with Crippen molar-refractivity contribution in [3.05, 3.63) is 36.0 Å². The minimum Gasteiger partial charge on any atom is -0.354 e. The number of benzene rings is 1. The van der Waals surface area contributed by atoms with Crippen LogP contribution in [0.2, 0.25) is 0 Å². The van der Waals surface area contributed by atoms with E-state index in [1.54, 1.807) is 0 Å². The predicted octanol–water partition coefficient (Wildman–Crippen LogP) is 2.15. The number of aliphatic imine (C=N–C) groups is 1. The Morgan fingerprint density at radius 2 is 2.12 bits per heavy atom. The van der Waals surface area contributed by atoms with E-state index < -0.39 is 0 Å². The average Bonchev–Trinajstić information content (AvgIpc) is 2.66. The second-order valence-electron chi connectivity index (χ2n) is 4.15. The molecule has 84 valence electrons. The monoisotopic (exact) mass is 215 g/mol. The zero-order chi connectivity index (χ0) is 11.4. The van der Waals surface area contributed by atoms with Crippen LogP contribution in [0.1, 0.15) is 5.69 Å². The molecule has 0 amide bonds. The van der Waals surface area contributed by atoms with Crippen molar-refractivity contribution < 1.29 is 0 Å². The van der Waals surface area contributed by atoms with Crippen LogP contribution in [-0.2, 0) is 0 Å². The number of fused-ring (bicyclic) bond motifs is 1. The van der Waals surface area contributed by atoms with Crippen molar-refractivity contribution in [2.45, 2.75) is 0 Å². The van der Waals surface area contributed by atoms with E-state index >= 15 is 0 Å². The maximum atomic E-state index is 4.38. The first kappa shape index (κ1) is 10.9. The Kier molecular flexibility index (Phi) is 3.37. The van der Waals surface area contributed by atoms with Crippen LogP contribution in [0.3, 0.4) is 0 Å². The fourth-order valence-corrected chi connectivity index (χ4v) is 1.59. The molecule has 1 heterocycles. The molecule has 3 nitrogen and oxygen atoms in total. The van der Waals surface area contributed by atoms with Gasteiger partial charge in [0.05, 0.1) is 12.2 Å². The Hall–Kier alpha value is -1.61. The molecule has 3 heteroatoms. The van der Waals surface area contributed by atoms with E-state index in [-0.39, 0.29) is 0 Å². The lowest BCUT2D eigenvalue weighted by Gasteiger charge is -2.04. The summed E-state index contributed by atoms with van der Waals surface area (Å²) in [6.07, 6.45) is 1.91. The molecule has 2 aromatic rings. The molecule has 0 fully saturated rings. The van der Waals surface area contributed by atoms with E-state index in [1.165, 1.54) is 5.39 Å². The Morgan fingerprint density at radius 3 is 2.88 bits per heavy atom. The highest BCUT2D eigenvalue weighted by atomic mass is 15.1. The van der Waals surface area contributed by atoms with Gasteiger partial charge in [0, 0.05) is 23.7 Å². The lowest BCUT2D eigenvalue weighted by atomic mass is 10.2. The highest BCUT2D eigenvalue weighted by Gasteiger charge is 1.96. The molecule has 0 saturated carbocycles. The third-order valence-corrected chi connectivity index (χ3v) is 2.46. The Bertz CT molecular complexity index is 450. The number of hydrogen-bond donors (Lipinski definition) is 1. The van der Waals surface area contributed by atoms with Crippen LogP contribution in [0, 0.1) is 0 Å². The van der Waals surface area contributed by atoms with E-state index in [9.17, 15) is 0 Å². The van der Waals surface area contributed by atoms with Gasteiger partial charge in [-0.2, -0.15) is 0 Å². The summed E-state index contributed by atoms with van der Waals surface area (Å²) in [6, 6.07) is 10.4. The summed E-state index contributed by atoms with van der Waals surface area (Å²) in [5.41, 5.74) is 2.23. The van der Waals surface area contributed by atoms with Crippen molar-refractivity contribution in [2.75, 3.05) is 27.2 Å². The molecule has 1 aromatic heterocycles. The van der Waals surface area contributed by atoms with Crippen molar-refractivity contribution in [2.24, 2.45) is 4.99 Å². The Morgan fingerprint density at radius 1 is 1.31 bits per heavy atom. The Balaban J connectivity index is 2.04. The number of aromatic amines is 1. The fraction of sp³-hybridized carbons (Fsp3) is 0.308. The molecule has 2 rings (SSSR count). The standard InChI is InChI=1S/C13H17N3/c1-16(2)8-7-14-10-12-9-11-5-3-4-6-13(11)15-12/h3-6,9-10,15H,7-8H2,1-2H3/b14-10+. The van der Waals surface area contributed by atoms with Crippen LogP contribution >= 0.6 is 0 Å². The van der Waals surface area contributed by atoms with E-state index in [0.717, 1.165) is 24.3 Å². The van der Waals surface area contributed by atoms with Gasteiger partial charge >= 0.3 is 0 Å². The molecule has 0 aliphatic heterocycles. The Labute approximate surface area is 95.8 Å². The summed E-state index contributed by atoms with van der Waals surface area (Å²) in [7, 11) is 4.11. The zero-order valence-electron chi connectivity index (χ0n) is 9.77. The number of H-pyrrole nitrogens is 1. The molecule has 0 unspecified atom stereocenters. The third-order valence-electron chi connectivity index (χ3n) is 2.46. The topological polar surface area (TPSA) is 31.4 Å². The van der Waals surface area contributed by atoms with Gasteiger partial charge in [-0.3, -0.25) is 4.99 Å². The third kappa shape index (κ3) is 2.70. The van der Waals surface area contributed by atoms with E-state index in [4.69, 9.17) is 0 Å². The molecule has 0 bridgehead atoms. The van der Waals surface area contributed by atoms with Crippen molar-refractivity contribution in [3.63, 3.8) is 0 Å². The van der Waals surface area contributed by atoms with Crippen molar-refractivity contribution in [3.8, 4) is 0 Å². The number of likely N-dealkylation sites (N-methyl/N-ethyl adjacent to an activating group) is 1. The SMILES string of the molecule is CN(C)CC/N=C/c1cc2ccccc2[nH]1. The lowest BCUT2D eigenvalue weighted by Crippen LogP contribution is -2.15.